The van der Waals surface area contributed by atoms with E-state index in [1.54, 1.807) is 33.5 Å². The number of hydrogen-bond donors (Lipinski definition) is 0. The summed E-state index contributed by atoms with van der Waals surface area (Å²) in [5.74, 6) is 0.918. The van der Waals surface area contributed by atoms with Crippen molar-refractivity contribution in [1.82, 2.24) is 0 Å². The van der Waals surface area contributed by atoms with Crippen molar-refractivity contribution in [1.29, 1.82) is 0 Å². The van der Waals surface area contributed by atoms with Crippen molar-refractivity contribution >= 4 is 31.6 Å². The minimum absolute atomic E-state index is 0.0580. The molecule has 39 heavy (non-hydrogen) atoms. The highest BCUT2D eigenvalue weighted by Gasteiger charge is 2.33. The number of alkyl halides is 1. The van der Waals surface area contributed by atoms with Gasteiger partial charge in [-0.1, -0.05) is 22.9 Å². The van der Waals surface area contributed by atoms with E-state index in [0.29, 0.717) is 61.0 Å². The van der Waals surface area contributed by atoms with Gasteiger partial charge in [0.2, 0.25) is 5.75 Å². The second-order valence-corrected chi connectivity index (χ2v) is 11.9. The van der Waals surface area contributed by atoms with Gasteiger partial charge in [0.05, 0.1) is 46.8 Å². The molecule has 1 aliphatic rings. The SMILES string of the molecule is CCCOc1c(OCCCBr)cc(C2CCC(c3cc(OC)c(OC)c(OC)c3)O2)cc1S(=O)(=O)CC(C)=O. The standard InChI is InChI=1S/C28H37BrO9S/c1-6-11-37-28-25(36-12-7-10-29)15-20(16-26(28)39(31,32)17-18(2)30)22-9-8-21(38-22)19-13-23(33-3)27(35-5)24(14-19)34-4/h13-16,21-22H,6-12,17H2,1-5H3. The van der Waals surface area contributed by atoms with Crippen LogP contribution in [0.5, 0.6) is 28.7 Å². The third-order valence-corrected chi connectivity index (χ3v) is 8.53. The molecule has 0 saturated carbocycles. The number of halogens is 1. The van der Waals surface area contributed by atoms with Crippen molar-refractivity contribution < 1.29 is 41.6 Å². The van der Waals surface area contributed by atoms with Gasteiger partial charge in [0, 0.05) is 5.33 Å². The number of benzene rings is 2. The van der Waals surface area contributed by atoms with Gasteiger partial charge in [0.25, 0.3) is 0 Å². The Morgan fingerprint density at radius 2 is 1.49 bits per heavy atom. The van der Waals surface area contributed by atoms with Crippen LogP contribution in [0.3, 0.4) is 0 Å². The van der Waals surface area contributed by atoms with E-state index in [1.165, 1.54) is 6.92 Å². The van der Waals surface area contributed by atoms with E-state index in [-0.39, 0.29) is 16.7 Å². The zero-order valence-corrected chi connectivity index (χ0v) is 25.5. The van der Waals surface area contributed by atoms with Gasteiger partial charge in [-0.05, 0) is 68.0 Å². The molecule has 1 saturated heterocycles. The van der Waals surface area contributed by atoms with Gasteiger partial charge in [-0.3, -0.25) is 4.79 Å². The van der Waals surface area contributed by atoms with Crippen molar-refractivity contribution in [3.05, 3.63) is 35.4 Å². The van der Waals surface area contributed by atoms with Gasteiger partial charge in [0.15, 0.2) is 32.8 Å². The topological polar surface area (TPSA) is 107 Å². The van der Waals surface area contributed by atoms with Crippen molar-refractivity contribution in [3.8, 4) is 28.7 Å². The van der Waals surface area contributed by atoms with E-state index in [1.807, 2.05) is 19.1 Å². The molecule has 0 N–H and O–H groups in total. The fourth-order valence-electron chi connectivity index (χ4n) is 4.46. The minimum Gasteiger partial charge on any atom is -0.493 e. The Morgan fingerprint density at radius 3 is 2.00 bits per heavy atom. The molecule has 2 unspecified atom stereocenters. The summed E-state index contributed by atoms with van der Waals surface area (Å²) in [5.41, 5.74) is 1.50. The Kier molecular flexibility index (Phi) is 11.3. The van der Waals surface area contributed by atoms with Gasteiger partial charge in [-0.15, -0.1) is 0 Å². The van der Waals surface area contributed by atoms with Crippen molar-refractivity contribution in [2.75, 3.05) is 45.6 Å². The first kappa shape index (κ1) is 31.0. The number of methoxy groups -OCH3 is 3. The normalized spacial score (nSPS) is 17.1. The number of carbonyl (C=O) groups excluding carboxylic acids is 1. The fraction of sp³-hybridized carbons (Fsp3) is 0.536. The van der Waals surface area contributed by atoms with E-state index < -0.39 is 27.5 Å². The monoisotopic (exact) mass is 628 g/mol. The number of rotatable bonds is 15. The number of ether oxygens (including phenoxy) is 6. The third kappa shape index (κ3) is 7.58. The number of ketones is 1. The van der Waals surface area contributed by atoms with Crippen molar-refractivity contribution in [2.24, 2.45) is 0 Å². The first-order valence-electron chi connectivity index (χ1n) is 12.9. The molecule has 0 bridgehead atoms. The minimum atomic E-state index is -3.98. The second kappa shape index (κ2) is 14.2. The van der Waals surface area contributed by atoms with Crippen LogP contribution in [0.25, 0.3) is 0 Å². The Balaban J connectivity index is 2.03. The van der Waals surface area contributed by atoms with E-state index in [0.717, 1.165) is 17.3 Å². The van der Waals surface area contributed by atoms with E-state index >= 15 is 0 Å². The average molecular weight is 630 g/mol. The van der Waals surface area contributed by atoms with Crippen LogP contribution in [0.2, 0.25) is 0 Å². The molecule has 2 aromatic carbocycles. The number of Topliss-reactive ketones (excluding diaryl/α,β-unsaturated/α-hetero) is 1. The first-order valence-corrected chi connectivity index (χ1v) is 15.6. The largest absolute Gasteiger partial charge is 0.493 e. The van der Waals surface area contributed by atoms with Gasteiger partial charge in [0.1, 0.15) is 16.4 Å². The summed E-state index contributed by atoms with van der Waals surface area (Å²) in [5, 5.41) is 0.732. The zero-order valence-electron chi connectivity index (χ0n) is 23.1. The summed E-state index contributed by atoms with van der Waals surface area (Å²) < 4.78 is 61.4. The molecule has 216 valence electrons. The van der Waals surface area contributed by atoms with Gasteiger partial charge < -0.3 is 28.4 Å². The van der Waals surface area contributed by atoms with E-state index in [9.17, 15) is 13.2 Å². The van der Waals surface area contributed by atoms with Gasteiger partial charge >= 0.3 is 0 Å². The number of sulfone groups is 1. The summed E-state index contributed by atoms with van der Waals surface area (Å²) in [6.45, 7) is 3.85. The summed E-state index contributed by atoms with van der Waals surface area (Å²) in [7, 11) is 0.678. The zero-order chi connectivity index (χ0) is 28.6. The highest BCUT2D eigenvalue weighted by molar-refractivity contribution is 9.09. The van der Waals surface area contributed by atoms with Crippen molar-refractivity contribution in [3.63, 3.8) is 0 Å². The summed E-state index contributed by atoms with van der Waals surface area (Å²) in [4.78, 5) is 11.8. The molecule has 3 rings (SSSR count). The quantitative estimate of drug-likeness (QED) is 0.183. The molecule has 1 fully saturated rings. The van der Waals surface area contributed by atoms with Crippen LogP contribution < -0.4 is 23.7 Å². The smallest absolute Gasteiger partial charge is 0.203 e. The molecular weight excluding hydrogens is 592 g/mol. The Morgan fingerprint density at radius 1 is 0.897 bits per heavy atom. The van der Waals surface area contributed by atoms with Gasteiger partial charge in [-0.2, -0.15) is 0 Å². The third-order valence-electron chi connectivity index (χ3n) is 6.21. The van der Waals surface area contributed by atoms with Crippen LogP contribution in [0.1, 0.15) is 62.9 Å². The fourth-order valence-corrected chi connectivity index (χ4v) is 6.14. The second-order valence-electron chi connectivity index (χ2n) is 9.20. The lowest BCUT2D eigenvalue weighted by molar-refractivity contribution is -0.114. The van der Waals surface area contributed by atoms with Crippen molar-refractivity contribution in [2.45, 2.75) is 56.6 Å². The van der Waals surface area contributed by atoms with E-state index in [2.05, 4.69) is 15.9 Å². The lowest BCUT2D eigenvalue weighted by atomic mass is 10.0. The summed E-state index contributed by atoms with van der Waals surface area (Å²) in [6.07, 6.45) is 2.04. The van der Waals surface area contributed by atoms with Crippen LogP contribution in [0, 0.1) is 0 Å². The predicted octanol–water partition coefficient (Wildman–Crippen LogP) is 5.62. The average Bonchev–Trinajstić information content (AvgIpc) is 3.41. The molecule has 0 radical (unpaired) electrons. The van der Waals surface area contributed by atoms with Crippen LogP contribution in [-0.2, 0) is 19.4 Å². The molecule has 1 heterocycles. The maximum Gasteiger partial charge on any atom is 0.203 e. The lowest BCUT2D eigenvalue weighted by Gasteiger charge is -2.21. The molecule has 0 spiro atoms. The molecule has 0 aliphatic carbocycles. The Bertz CT molecular complexity index is 1220. The summed E-state index contributed by atoms with van der Waals surface area (Å²) in [6, 6.07) is 7.05. The van der Waals surface area contributed by atoms with Crippen LogP contribution in [0.4, 0.5) is 0 Å². The van der Waals surface area contributed by atoms with E-state index in [4.69, 9.17) is 28.4 Å². The predicted molar refractivity (Wildman–Crippen MR) is 151 cm³/mol. The maximum atomic E-state index is 13.3. The summed E-state index contributed by atoms with van der Waals surface area (Å²) >= 11 is 3.39. The van der Waals surface area contributed by atoms with Gasteiger partial charge in [-0.25, -0.2) is 8.42 Å². The van der Waals surface area contributed by atoms with Crippen LogP contribution >= 0.6 is 15.9 Å². The molecule has 9 nitrogen and oxygen atoms in total. The number of carbonyl (C=O) groups is 1. The molecule has 2 atom stereocenters. The first-order chi connectivity index (χ1) is 18.7. The Hall–Kier alpha value is -2.50. The highest BCUT2D eigenvalue weighted by Crippen LogP contribution is 2.48. The molecule has 11 heteroatoms. The highest BCUT2D eigenvalue weighted by atomic mass is 79.9. The molecule has 0 amide bonds. The van der Waals surface area contributed by atoms with Crippen LogP contribution in [-0.4, -0.2) is 59.8 Å². The Labute approximate surface area is 239 Å². The molecule has 1 aliphatic heterocycles. The number of hydrogen-bond acceptors (Lipinski definition) is 9. The van der Waals surface area contributed by atoms with Crippen LogP contribution in [0.15, 0.2) is 29.2 Å². The molecule has 2 aromatic rings. The molecular formula is C28H37BrO9S. The molecule has 0 aromatic heterocycles. The lowest BCUT2D eigenvalue weighted by Crippen LogP contribution is -2.16. The maximum absolute atomic E-state index is 13.3.